The summed E-state index contributed by atoms with van der Waals surface area (Å²) in [7, 11) is -2.12. The maximum absolute atomic E-state index is 12.4. The predicted molar refractivity (Wildman–Crippen MR) is 72.7 cm³/mol. The largest absolute Gasteiger partial charge is 0.469 e. The monoisotopic (exact) mass is 295 g/mol. The van der Waals surface area contributed by atoms with Crippen LogP contribution in [-0.2, 0) is 32.4 Å². The molecule has 0 saturated heterocycles. The zero-order chi connectivity index (χ0) is 14.3. The van der Waals surface area contributed by atoms with E-state index in [1.807, 2.05) is 6.07 Å². The zero-order valence-electron chi connectivity index (χ0n) is 11.3. The Morgan fingerprint density at radius 2 is 2.05 bits per heavy atom. The van der Waals surface area contributed by atoms with Crippen molar-refractivity contribution in [2.45, 2.75) is 36.6 Å². The van der Waals surface area contributed by atoms with Crippen LogP contribution in [0.15, 0.2) is 23.1 Å². The van der Waals surface area contributed by atoms with Crippen LogP contribution in [0.1, 0.15) is 24.0 Å². The molecule has 1 aromatic carbocycles. The SMILES string of the molecule is COC(=O)[C@H]1Cc2cccc(S(=O)(=O)NC3CC3)c2C1. The van der Waals surface area contributed by atoms with Gasteiger partial charge in [-0.2, -0.15) is 0 Å². The van der Waals surface area contributed by atoms with Gasteiger partial charge >= 0.3 is 5.97 Å². The van der Waals surface area contributed by atoms with Gasteiger partial charge in [0.25, 0.3) is 0 Å². The maximum atomic E-state index is 12.4. The summed E-state index contributed by atoms with van der Waals surface area (Å²) in [6.45, 7) is 0. The van der Waals surface area contributed by atoms with Gasteiger partial charge < -0.3 is 4.74 Å². The van der Waals surface area contributed by atoms with Crippen molar-refractivity contribution in [1.29, 1.82) is 0 Å². The van der Waals surface area contributed by atoms with Crippen LogP contribution in [0.4, 0.5) is 0 Å². The molecule has 0 amide bonds. The Balaban J connectivity index is 1.92. The van der Waals surface area contributed by atoms with Crippen molar-refractivity contribution in [2.75, 3.05) is 7.11 Å². The normalized spacial score (nSPS) is 21.6. The average molecular weight is 295 g/mol. The van der Waals surface area contributed by atoms with Crippen molar-refractivity contribution < 1.29 is 17.9 Å². The molecule has 1 N–H and O–H groups in total. The van der Waals surface area contributed by atoms with Gasteiger partial charge in [-0.1, -0.05) is 12.1 Å². The van der Waals surface area contributed by atoms with Crippen LogP contribution >= 0.6 is 0 Å². The topological polar surface area (TPSA) is 72.5 Å². The second-order valence-electron chi connectivity index (χ2n) is 5.42. The van der Waals surface area contributed by atoms with Crippen molar-refractivity contribution >= 4 is 16.0 Å². The Hall–Kier alpha value is -1.40. The van der Waals surface area contributed by atoms with Crippen LogP contribution in [-0.4, -0.2) is 27.5 Å². The lowest BCUT2D eigenvalue weighted by Crippen LogP contribution is -2.26. The number of carbonyl (C=O) groups is 1. The van der Waals surface area contributed by atoms with Crippen molar-refractivity contribution in [3.05, 3.63) is 29.3 Å². The van der Waals surface area contributed by atoms with Gasteiger partial charge in [-0.25, -0.2) is 13.1 Å². The molecule has 0 radical (unpaired) electrons. The van der Waals surface area contributed by atoms with Crippen molar-refractivity contribution in [3.63, 3.8) is 0 Å². The van der Waals surface area contributed by atoms with Crippen molar-refractivity contribution in [2.24, 2.45) is 5.92 Å². The van der Waals surface area contributed by atoms with E-state index in [4.69, 9.17) is 4.74 Å². The standard InChI is InChI=1S/C14H17NO4S/c1-19-14(16)10-7-9-3-2-4-13(12(9)8-10)20(17,18)15-11-5-6-11/h2-4,10-11,15H,5-8H2,1H3/t10-/m0/s1. The van der Waals surface area contributed by atoms with E-state index in [2.05, 4.69) is 4.72 Å². The smallest absolute Gasteiger partial charge is 0.309 e. The maximum Gasteiger partial charge on any atom is 0.309 e. The molecule has 0 aromatic heterocycles. The minimum Gasteiger partial charge on any atom is -0.469 e. The number of esters is 1. The van der Waals surface area contributed by atoms with Gasteiger partial charge in [-0.3, -0.25) is 4.79 Å². The first-order chi connectivity index (χ1) is 9.51. The summed E-state index contributed by atoms with van der Waals surface area (Å²) in [6, 6.07) is 5.31. The summed E-state index contributed by atoms with van der Waals surface area (Å²) in [6.07, 6.45) is 2.79. The first-order valence-electron chi connectivity index (χ1n) is 6.72. The predicted octanol–water partition coefficient (Wildman–Crippen LogP) is 1.02. The Morgan fingerprint density at radius 1 is 1.30 bits per heavy atom. The lowest BCUT2D eigenvalue weighted by molar-refractivity contribution is -0.145. The average Bonchev–Trinajstić information content (AvgIpc) is 3.10. The number of hydrogen-bond acceptors (Lipinski definition) is 4. The molecule has 0 heterocycles. The summed E-state index contributed by atoms with van der Waals surface area (Å²) in [4.78, 5) is 12.0. The molecular formula is C14H17NO4S. The summed E-state index contributed by atoms with van der Waals surface area (Å²) in [5.74, 6) is -0.549. The van der Waals surface area contributed by atoms with Crippen LogP contribution in [0.2, 0.25) is 0 Å². The second-order valence-corrected chi connectivity index (χ2v) is 7.10. The van der Waals surface area contributed by atoms with Crippen LogP contribution < -0.4 is 4.72 Å². The van der Waals surface area contributed by atoms with Gasteiger partial charge in [0, 0.05) is 6.04 Å². The number of methoxy groups -OCH3 is 1. The lowest BCUT2D eigenvalue weighted by atomic mass is 10.1. The summed E-state index contributed by atoms with van der Waals surface area (Å²) < 4.78 is 32.2. The molecule has 1 atom stereocenters. The van der Waals surface area contributed by atoms with Gasteiger partial charge in [0.05, 0.1) is 17.9 Å². The summed E-state index contributed by atoms with van der Waals surface area (Å²) >= 11 is 0. The lowest BCUT2D eigenvalue weighted by Gasteiger charge is -2.10. The molecule has 20 heavy (non-hydrogen) atoms. The highest BCUT2D eigenvalue weighted by atomic mass is 32.2. The number of nitrogens with one attached hydrogen (secondary N) is 1. The number of rotatable bonds is 4. The van der Waals surface area contributed by atoms with E-state index in [0.717, 1.165) is 24.0 Å². The third-order valence-corrected chi connectivity index (χ3v) is 5.48. The van der Waals surface area contributed by atoms with E-state index in [0.29, 0.717) is 17.7 Å². The van der Waals surface area contributed by atoms with E-state index in [1.54, 1.807) is 12.1 Å². The number of ether oxygens (including phenoxy) is 1. The fourth-order valence-electron chi connectivity index (χ4n) is 2.69. The zero-order valence-corrected chi connectivity index (χ0v) is 12.1. The Morgan fingerprint density at radius 3 is 2.70 bits per heavy atom. The van der Waals surface area contributed by atoms with E-state index in [1.165, 1.54) is 7.11 Å². The third kappa shape index (κ3) is 2.45. The van der Waals surface area contributed by atoms with Crippen LogP contribution in [0.3, 0.4) is 0 Å². The quantitative estimate of drug-likeness (QED) is 0.842. The molecule has 1 fully saturated rings. The number of benzene rings is 1. The highest BCUT2D eigenvalue weighted by Crippen LogP contribution is 2.33. The van der Waals surface area contributed by atoms with Crippen LogP contribution in [0.5, 0.6) is 0 Å². The van der Waals surface area contributed by atoms with E-state index in [-0.39, 0.29) is 17.9 Å². The van der Waals surface area contributed by atoms with Gasteiger partial charge in [0.2, 0.25) is 10.0 Å². The number of sulfonamides is 1. The third-order valence-electron chi connectivity index (χ3n) is 3.87. The molecule has 0 spiro atoms. The molecule has 0 unspecified atom stereocenters. The second kappa shape index (κ2) is 4.86. The number of hydrogen-bond donors (Lipinski definition) is 1. The molecule has 2 aliphatic carbocycles. The molecule has 3 rings (SSSR count). The van der Waals surface area contributed by atoms with Crippen molar-refractivity contribution in [3.8, 4) is 0 Å². The number of carbonyl (C=O) groups excluding carboxylic acids is 1. The van der Waals surface area contributed by atoms with Crippen LogP contribution in [0.25, 0.3) is 0 Å². The molecule has 108 valence electrons. The molecule has 6 heteroatoms. The summed E-state index contributed by atoms with van der Waals surface area (Å²) in [5.41, 5.74) is 1.69. The molecule has 1 saturated carbocycles. The fraction of sp³-hybridized carbons (Fsp3) is 0.500. The number of fused-ring (bicyclic) bond motifs is 1. The fourth-order valence-corrected chi connectivity index (χ4v) is 4.29. The minimum absolute atomic E-state index is 0.0775. The van der Waals surface area contributed by atoms with Crippen molar-refractivity contribution in [1.82, 2.24) is 4.72 Å². The first kappa shape index (κ1) is 13.6. The Bertz CT molecular complexity index is 649. The molecule has 2 aliphatic rings. The first-order valence-corrected chi connectivity index (χ1v) is 8.20. The molecule has 1 aromatic rings. The molecule has 0 bridgehead atoms. The van der Waals surface area contributed by atoms with E-state index >= 15 is 0 Å². The summed E-state index contributed by atoms with van der Waals surface area (Å²) in [5, 5.41) is 0. The van der Waals surface area contributed by atoms with E-state index < -0.39 is 10.0 Å². The van der Waals surface area contributed by atoms with Gasteiger partial charge in [0.15, 0.2) is 0 Å². The molecule has 0 aliphatic heterocycles. The Labute approximate surface area is 118 Å². The Kier molecular flexibility index (Phi) is 3.30. The molecule has 5 nitrogen and oxygen atoms in total. The van der Waals surface area contributed by atoms with Crippen LogP contribution in [0, 0.1) is 5.92 Å². The minimum atomic E-state index is -3.48. The van der Waals surface area contributed by atoms with Gasteiger partial charge in [-0.15, -0.1) is 0 Å². The van der Waals surface area contributed by atoms with Gasteiger partial charge in [-0.05, 0) is 42.9 Å². The highest BCUT2D eigenvalue weighted by Gasteiger charge is 2.34. The highest BCUT2D eigenvalue weighted by molar-refractivity contribution is 7.89. The van der Waals surface area contributed by atoms with E-state index in [9.17, 15) is 13.2 Å². The van der Waals surface area contributed by atoms with Gasteiger partial charge in [0.1, 0.15) is 0 Å². The molecular weight excluding hydrogens is 278 g/mol.